The van der Waals surface area contributed by atoms with Gasteiger partial charge in [0.1, 0.15) is 11.2 Å². The molecule has 0 atom stereocenters. The molecule has 0 radical (unpaired) electrons. The van der Waals surface area contributed by atoms with Crippen LogP contribution in [0.5, 0.6) is 0 Å². The number of para-hydroxylation sites is 4. The van der Waals surface area contributed by atoms with Gasteiger partial charge in [0.25, 0.3) is 0 Å². The summed E-state index contributed by atoms with van der Waals surface area (Å²) < 4.78 is 11.6. The van der Waals surface area contributed by atoms with Crippen LogP contribution in [0, 0.1) is 0 Å². The third-order valence-corrected chi connectivity index (χ3v) is 11.7. The highest BCUT2D eigenvalue weighted by atomic mass is 16.3. The van der Waals surface area contributed by atoms with E-state index in [-0.39, 0.29) is 0 Å². The summed E-state index contributed by atoms with van der Waals surface area (Å²) in [6.45, 7) is 0. The van der Waals surface area contributed by atoms with E-state index in [1.165, 1.54) is 49.6 Å². The van der Waals surface area contributed by atoms with E-state index in [1.54, 1.807) is 0 Å². The van der Waals surface area contributed by atoms with Crippen LogP contribution in [0.3, 0.4) is 0 Å². The Hall–Kier alpha value is -7.62. The fourth-order valence-electron chi connectivity index (χ4n) is 9.14. The Bertz CT molecular complexity index is 3380. The van der Waals surface area contributed by atoms with Crippen molar-refractivity contribution in [3.05, 3.63) is 206 Å². The van der Waals surface area contributed by atoms with Gasteiger partial charge in [0.15, 0.2) is 0 Å². The lowest BCUT2D eigenvalue weighted by atomic mass is 9.93. The lowest BCUT2D eigenvalue weighted by Gasteiger charge is -2.15. The summed E-state index contributed by atoms with van der Waals surface area (Å²) in [7, 11) is 0. The predicted molar refractivity (Wildman–Crippen MR) is 239 cm³/mol. The van der Waals surface area contributed by atoms with Gasteiger partial charge in [0, 0.05) is 32.6 Å². The summed E-state index contributed by atoms with van der Waals surface area (Å²) in [5.41, 5.74) is 15.8. The maximum Gasteiger partial charge on any atom is 0.145 e. The molecule has 3 heterocycles. The van der Waals surface area contributed by atoms with Crippen molar-refractivity contribution >= 4 is 65.6 Å². The quantitative estimate of drug-likeness (QED) is 0.173. The first-order valence-electron chi connectivity index (χ1n) is 19.5. The summed E-state index contributed by atoms with van der Waals surface area (Å²) in [5, 5.41) is 7.01. The monoisotopic (exact) mass is 726 g/mol. The number of furan rings is 1. The Labute approximate surface area is 328 Å². The molecule has 57 heavy (non-hydrogen) atoms. The first-order valence-corrected chi connectivity index (χ1v) is 19.5. The van der Waals surface area contributed by atoms with E-state index in [1.807, 2.05) is 6.07 Å². The molecule has 0 saturated heterocycles. The number of rotatable bonds is 5. The van der Waals surface area contributed by atoms with Crippen LogP contribution in [0.25, 0.3) is 110 Å². The minimum absolute atomic E-state index is 0.899. The van der Waals surface area contributed by atoms with Crippen molar-refractivity contribution in [1.29, 1.82) is 0 Å². The highest BCUT2D eigenvalue weighted by molar-refractivity contribution is 6.25. The topological polar surface area (TPSA) is 23.0 Å². The van der Waals surface area contributed by atoms with Gasteiger partial charge in [-0.2, -0.15) is 0 Å². The summed E-state index contributed by atoms with van der Waals surface area (Å²) in [6, 6.07) is 74.4. The average molecular weight is 727 g/mol. The Balaban J connectivity index is 1.12. The third-order valence-electron chi connectivity index (χ3n) is 11.7. The smallest absolute Gasteiger partial charge is 0.145 e. The van der Waals surface area contributed by atoms with Crippen molar-refractivity contribution in [2.75, 3.05) is 0 Å². The third kappa shape index (κ3) is 4.86. The zero-order chi connectivity index (χ0) is 37.5. The fourth-order valence-corrected chi connectivity index (χ4v) is 9.14. The number of hydrogen-bond acceptors (Lipinski definition) is 1. The standard InChI is InChI=1S/C54H34N2O/c1-3-14-35(15-4-1)38-32-39(36-16-5-2-6-17-36)34-40(33-38)37-26-28-41(29-27-37)55-49-31-30-45-44-20-9-12-25-51(44)57-54(45)52(49)46-21-13-24-50(53(46)55)56-47-22-10-7-18-42(47)43-19-8-11-23-48(43)56/h1-34H. The van der Waals surface area contributed by atoms with Gasteiger partial charge < -0.3 is 13.6 Å². The highest BCUT2D eigenvalue weighted by Gasteiger charge is 2.23. The number of benzene rings is 9. The highest BCUT2D eigenvalue weighted by Crippen LogP contribution is 2.44. The molecule has 0 saturated carbocycles. The lowest BCUT2D eigenvalue weighted by molar-refractivity contribution is 0.673. The molecule has 0 spiro atoms. The summed E-state index contributed by atoms with van der Waals surface area (Å²) >= 11 is 0. The van der Waals surface area contributed by atoms with Gasteiger partial charge in [-0.3, -0.25) is 0 Å². The van der Waals surface area contributed by atoms with E-state index in [0.29, 0.717) is 0 Å². The molecule has 0 aliphatic rings. The van der Waals surface area contributed by atoms with Gasteiger partial charge in [-0.1, -0.05) is 140 Å². The van der Waals surface area contributed by atoms with Crippen molar-refractivity contribution in [3.63, 3.8) is 0 Å². The van der Waals surface area contributed by atoms with Crippen molar-refractivity contribution in [2.24, 2.45) is 0 Å². The predicted octanol–water partition coefficient (Wildman–Crippen LogP) is 14.8. The molecular weight excluding hydrogens is 693 g/mol. The Morgan fingerprint density at radius 3 is 1.47 bits per heavy atom. The van der Waals surface area contributed by atoms with Crippen LogP contribution in [0.1, 0.15) is 0 Å². The van der Waals surface area contributed by atoms with Gasteiger partial charge >= 0.3 is 0 Å². The number of nitrogens with zero attached hydrogens (tertiary/aromatic N) is 2. The van der Waals surface area contributed by atoms with Gasteiger partial charge in [0.2, 0.25) is 0 Å². The molecule has 0 aliphatic carbocycles. The largest absolute Gasteiger partial charge is 0.455 e. The second-order valence-corrected chi connectivity index (χ2v) is 14.9. The van der Waals surface area contributed by atoms with Crippen LogP contribution in [-0.2, 0) is 0 Å². The molecular formula is C54H34N2O. The Morgan fingerprint density at radius 2 is 0.842 bits per heavy atom. The first-order chi connectivity index (χ1) is 28.3. The van der Waals surface area contributed by atoms with Gasteiger partial charge in [-0.25, -0.2) is 0 Å². The van der Waals surface area contributed by atoms with Gasteiger partial charge in [-0.15, -0.1) is 0 Å². The van der Waals surface area contributed by atoms with Gasteiger partial charge in [-0.05, 0) is 100 Å². The normalized spacial score (nSPS) is 11.9. The minimum Gasteiger partial charge on any atom is -0.455 e. The van der Waals surface area contributed by atoms with E-state index in [9.17, 15) is 0 Å². The van der Waals surface area contributed by atoms with Crippen molar-refractivity contribution in [2.45, 2.75) is 0 Å². The molecule has 3 aromatic heterocycles. The SMILES string of the molecule is c1ccc(-c2cc(-c3ccccc3)cc(-c3ccc(-n4c5ccc6c7ccccc7oc6c5c5cccc(-n6c7ccccc7c7ccccc76)c54)cc3)c2)cc1. The van der Waals surface area contributed by atoms with Crippen LogP contribution in [0.2, 0.25) is 0 Å². The molecule has 3 nitrogen and oxygen atoms in total. The van der Waals surface area contributed by atoms with Crippen molar-refractivity contribution in [3.8, 4) is 44.8 Å². The van der Waals surface area contributed by atoms with E-state index < -0.39 is 0 Å². The average Bonchev–Trinajstić information content (AvgIpc) is 3.95. The van der Waals surface area contributed by atoms with Crippen molar-refractivity contribution < 1.29 is 4.42 Å². The molecule has 0 bridgehead atoms. The molecule has 0 N–H and O–H groups in total. The number of aromatic nitrogens is 2. The summed E-state index contributed by atoms with van der Waals surface area (Å²) in [6.07, 6.45) is 0. The zero-order valence-corrected chi connectivity index (χ0v) is 30.9. The van der Waals surface area contributed by atoms with E-state index in [4.69, 9.17) is 4.42 Å². The molecule has 3 heteroatoms. The molecule has 9 aromatic carbocycles. The second kappa shape index (κ2) is 12.5. The summed E-state index contributed by atoms with van der Waals surface area (Å²) in [4.78, 5) is 0. The van der Waals surface area contributed by atoms with Crippen LogP contribution >= 0.6 is 0 Å². The Kier molecular flexibility index (Phi) is 6.93. The van der Waals surface area contributed by atoms with E-state index in [0.717, 1.165) is 60.7 Å². The van der Waals surface area contributed by atoms with Crippen LogP contribution in [-0.4, -0.2) is 9.13 Å². The summed E-state index contributed by atoms with van der Waals surface area (Å²) in [5.74, 6) is 0. The molecule has 0 aliphatic heterocycles. The fraction of sp³-hybridized carbons (Fsp3) is 0. The van der Waals surface area contributed by atoms with Crippen LogP contribution in [0.15, 0.2) is 211 Å². The van der Waals surface area contributed by atoms with E-state index in [2.05, 4.69) is 209 Å². The number of hydrogen-bond donors (Lipinski definition) is 0. The van der Waals surface area contributed by atoms with Crippen LogP contribution in [0.4, 0.5) is 0 Å². The lowest BCUT2D eigenvalue weighted by Crippen LogP contribution is -2.00. The van der Waals surface area contributed by atoms with E-state index >= 15 is 0 Å². The zero-order valence-electron chi connectivity index (χ0n) is 30.9. The number of fused-ring (bicyclic) bond motifs is 10. The maximum absolute atomic E-state index is 6.75. The second-order valence-electron chi connectivity index (χ2n) is 14.9. The first kappa shape index (κ1) is 31.7. The molecule has 266 valence electrons. The molecule has 0 amide bonds. The molecule has 0 unspecified atom stereocenters. The molecule has 12 rings (SSSR count). The van der Waals surface area contributed by atoms with Crippen LogP contribution < -0.4 is 0 Å². The van der Waals surface area contributed by atoms with Gasteiger partial charge in [0.05, 0.1) is 33.1 Å². The Morgan fingerprint density at radius 1 is 0.316 bits per heavy atom. The molecule has 0 fully saturated rings. The van der Waals surface area contributed by atoms with Crippen molar-refractivity contribution in [1.82, 2.24) is 9.13 Å². The maximum atomic E-state index is 6.75. The molecule has 12 aromatic rings. The minimum atomic E-state index is 0.899.